The number of amides is 3. The van der Waals surface area contributed by atoms with E-state index in [-0.39, 0.29) is 11.9 Å². The van der Waals surface area contributed by atoms with E-state index in [2.05, 4.69) is 26.2 Å². The number of hydrogen-bond acceptors (Lipinski definition) is 6. The molecule has 1 unspecified atom stereocenters. The molecule has 8 nitrogen and oxygen atoms in total. The molecule has 0 radical (unpaired) electrons. The van der Waals surface area contributed by atoms with Crippen LogP contribution in [0.2, 0.25) is 0 Å². The van der Waals surface area contributed by atoms with E-state index < -0.39 is 11.3 Å². The normalized spacial score (nSPS) is 16.0. The number of aromatic nitrogens is 4. The fourth-order valence-electron chi connectivity index (χ4n) is 1.53. The van der Waals surface area contributed by atoms with Crippen LogP contribution < -0.4 is 10.6 Å². The molecule has 1 saturated carbocycles. The number of nitrogens with zero attached hydrogens (tertiary/aromatic N) is 4. The van der Waals surface area contributed by atoms with Gasteiger partial charge >= 0.3 is 6.03 Å². The third-order valence-electron chi connectivity index (χ3n) is 2.66. The van der Waals surface area contributed by atoms with Crippen molar-refractivity contribution in [2.45, 2.75) is 56.1 Å². The lowest BCUT2D eigenvalue weighted by atomic mass is 10.4. The smallest absolute Gasteiger partial charge is 0.321 e. The van der Waals surface area contributed by atoms with Crippen molar-refractivity contribution in [3.63, 3.8) is 0 Å². The van der Waals surface area contributed by atoms with Crippen LogP contribution in [0.5, 0.6) is 0 Å². The van der Waals surface area contributed by atoms with Gasteiger partial charge < -0.3 is 5.32 Å². The summed E-state index contributed by atoms with van der Waals surface area (Å²) in [6, 6.07) is -0.154. The van der Waals surface area contributed by atoms with E-state index in [1.54, 1.807) is 11.6 Å². The van der Waals surface area contributed by atoms with Crippen molar-refractivity contribution in [1.82, 2.24) is 30.8 Å². The molecule has 1 aromatic heterocycles. The van der Waals surface area contributed by atoms with Crippen molar-refractivity contribution in [1.29, 1.82) is 0 Å². The summed E-state index contributed by atoms with van der Waals surface area (Å²) in [6.45, 7) is 5.37. The van der Waals surface area contributed by atoms with Crippen LogP contribution >= 0.6 is 11.8 Å². The average molecular weight is 298 g/mol. The summed E-state index contributed by atoms with van der Waals surface area (Å²) in [5.41, 5.74) is 0. The topological polar surface area (TPSA) is 102 Å². The minimum Gasteiger partial charge on any atom is -0.336 e. The van der Waals surface area contributed by atoms with Crippen LogP contribution in [-0.2, 0) is 4.79 Å². The zero-order chi connectivity index (χ0) is 14.7. The first-order valence-corrected chi connectivity index (χ1v) is 7.41. The summed E-state index contributed by atoms with van der Waals surface area (Å²) in [5.74, 6) is -0.363. The molecule has 110 valence electrons. The van der Waals surface area contributed by atoms with Crippen molar-refractivity contribution in [2.75, 3.05) is 0 Å². The maximum Gasteiger partial charge on any atom is 0.321 e. The Morgan fingerprint density at radius 2 is 2.05 bits per heavy atom. The number of thioether (sulfide) groups is 1. The van der Waals surface area contributed by atoms with Crippen molar-refractivity contribution in [2.24, 2.45) is 0 Å². The van der Waals surface area contributed by atoms with Crippen LogP contribution in [-0.4, -0.2) is 43.4 Å². The van der Waals surface area contributed by atoms with Gasteiger partial charge in [-0.2, -0.15) is 0 Å². The van der Waals surface area contributed by atoms with Crippen LogP contribution in [0.3, 0.4) is 0 Å². The van der Waals surface area contributed by atoms with Crippen molar-refractivity contribution in [3.05, 3.63) is 0 Å². The Morgan fingerprint density at radius 1 is 1.35 bits per heavy atom. The summed E-state index contributed by atoms with van der Waals surface area (Å²) in [5, 5.41) is 16.5. The van der Waals surface area contributed by atoms with Gasteiger partial charge in [-0.3, -0.25) is 10.1 Å². The van der Waals surface area contributed by atoms with Gasteiger partial charge in [0.25, 0.3) is 0 Å². The van der Waals surface area contributed by atoms with Gasteiger partial charge in [0.2, 0.25) is 11.1 Å². The third-order valence-corrected chi connectivity index (χ3v) is 3.71. The van der Waals surface area contributed by atoms with Crippen molar-refractivity contribution in [3.8, 4) is 0 Å². The van der Waals surface area contributed by atoms with Gasteiger partial charge in [0.15, 0.2) is 0 Å². The molecule has 1 aliphatic rings. The van der Waals surface area contributed by atoms with E-state index in [1.807, 2.05) is 13.8 Å². The fourth-order valence-corrected chi connectivity index (χ4v) is 2.39. The van der Waals surface area contributed by atoms with Crippen LogP contribution in [0.1, 0.15) is 39.7 Å². The molecule has 1 aliphatic carbocycles. The molecule has 1 aromatic rings. The SMILES string of the molecule is CC(C)NC(=O)NC(=O)C(C)Sc1nnnn1C1CC1. The number of carbonyl (C=O) groups excluding carboxylic acids is 2. The highest BCUT2D eigenvalue weighted by Crippen LogP contribution is 2.37. The molecule has 20 heavy (non-hydrogen) atoms. The molecule has 2 rings (SSSR count). The van der Waals surface area contributed by atoms with Crippen LogP contribution in [0.4, 0.5) is 4.79 Å². The van der Waals surface area contributed by atoms with E-state index in [4.69, 9.17) is 0 Å². The number of carbonyl (C=O) groups is 2. The van der Waals surface area contributed by atoms with Crippen LogP contribution in [0, 0.1) is 0 Å². The Balaban J connectivity index is 1.87. The highest BCUT2D eigenvalue weighted by Gasteiger charge is 2.29. The molecule has 1 fully saturated rings. The van der Waals surface area contributed by atoms with Gasteiger partial charge in [0.05, 0.1) is 11.3 Å². The lowest BCUT2D eigenvalue weighted by Crippen LogP contribution is -2.45. The van der Waals surface area contributed by atoms with E-state index >= 15 is 0 Å². The van der Waals surface area contributed by atoms with Gasteiger partial charge in [-0.15, -0.1) is 5.10 Å². The number of hydrogen-bond donors (Lipinski definition) is 2. The van der Waals surface area contributed by atoms with Gasteiger partial charge in [0.1, 0.15) is 0 Å². The molecule has 3 amide bonds. The average Bonchev–Trinajstić information content (AvgIpc) is 3.09. The molecule has 9 heteroatoms. The Hall–Kier alpha value is -1.64. The van der Waals surface area contributed by atoms with Crippen molar-refractivity contribution < 1.29 is 9.59 Å². The predicted octanol–water partition coefficient (Wildman–Crippen LogP) is 0.723. The third kappa shape index (κ3) is 3.92. The molecule has 0 saturated heterocycles. The molecular weight excluding hydrogens is 280 g/mol. The molecule has 1 heterocycles. The quantitative estimate of drug-likeness (QED) is 0.777. The van der Waals surface area contributed by atoms with E-state index in [0.29, 0.717) is 11.2 Å². The van der Waals surface area contributed by atoms with Crippen molar-refractivity contribution >= 4 is 23.7 Å². The lowest BCUT2D eigenvalue weighted by molar-refractivity contribution is -0.119. The monoisotopic (exact) mass is 298 g/mol. The number of rotatable bonds is 5. The maximum atomic E-state index is 11.9. The Bertz CT molecular complexity index is 499. The molecule has 1 atom stereocenters. The number of nitrogens with one attached hydrogen (secondary N) is 2. The summed E-state index contributed by atoms with van der Waals surface area (Å²) in [6.07, 6.45) is 2.13. The number of imide groups is 1. The van der Waals surface area contributed by atoms with Gasteiger partial charge in [-0.05, 0) is 44.0 Å². The Morgan fingerprint density at radius 3 is 2.65 bits per heavy atom. The molecule has 0 bridgehead atoms. The molecule has 0 spiro atoms. The summed E-state index contributed by atoms with van der Waals surface area (Å²) in [4.78, 5) is 23.3. The van der Waals surface area contributed by atoms with E-state index in [1.165, 1.54) is 11.8 Å². The number of urea groups is 1. The van der Waals surface area contributed by atoms with Gasteiger partial charge in [0, 0.05) is 6.04 Å². The van der Waals surface area contributed by atoms with Crippen LogP contribution in [0.15, 0.2) is 5.16 Å². The predicted molar refractivity (Wildman–Crippen MR) is 73.2 cm³/mol. The first-order valence-electron chi connectivity index (χ1n) is 6.53. The van der Waals surface area contributed by atoms with Gasteiger partial charge in [-0.25, -0.2) is 9.48 Å². The highest BCUT2D eigenvalue weighted by atomic mass is 32.2. The largest absolute Gasteiger partial charge is 0.336 e. The summed E-state index contributed by atoms with van der Waals surface area (Å²) in [7, 11) is 0. The zero-order valence-electron chi connectivity index (χ0n) is 11.7. The van der Waals surface area contributed by atoms with E-state index in [0.717, 1.165) is 12.8 Å². The minimum absolute atomic E-state index is 0.0204. The molecule has 0 aliphatic heterocycles. The summed E-state index contributed by atoms with van der Waals surface area (Å²) >= 11 is 1.25. The Labute approximate surface area is 121 Å². The first kappa shape index (κ1) is 14.8. The second-order valence-corrected chi connectivity index (χ2v) is 6.32. The van der Waals surface area contributed by atoms with Crippen LogP contribution in [0.25, 0.3) is 0 Å². The fraction of sp³-hybridized carbons (Fsp3) is 0.727. The second kappa shape index (κ2) is 6.21. The van der Waals surface area contributed by atoms with Gasteiger partial charge in [-0.1, -0.05) is 11.8 Å². The summed E-state index contributed by atoms with van der Waals surface area (Å²) < 4.78 is 1.74. The number of tetrazole rings is 1. The molecule has 2 N–H and O–H groups in total. The second-order valence-electron chi connectivity index (χ2n) is 5.01. The minimum atomic E-state index is -0.487. The lowest BCUT2D eigenvalue weighted by Gasteiger charge is -2.12. The first-order chi connectivity index (χ1) is 9.47. The highest BCUT2D eigenvalue weighted by molar-refractivity contribution is 8.00. The standard InChI is InChI=1S/C11H18N6O2S/c1-6(2)12-10(19)13-9(18)7(3)20-11-14-15-16-17(11)8-4-5-8/h6-8H,4-5H2,1-3H3,(H2,12,13,18,19). The van der Waals surface area contributed by atoms with E-state index in [9.17, 15) is 9.59 Å². The zero-order valence-corrected chi connectivity index (χ0v) is 12.5. The molecular formula is C11H18N6O2S. The maximum absolute atomic E-state index is 11.9. The molecule has 0 aromatic carbocycles. The Kier molecular flexibility index (Phi) is 4.58.